The Morgan fingerprint density at radius 2 is 2.18 bits per heavy atom. The molecular weight excluding hydrogens is 136 g/mol. The summed E-state index contributed by atoms with van der Waals surface area (Å²) in [5, 5.41) is 9.54. The number of aliphatic hydroxyl groups excluding tert-OH is 1. The summed E-state index contributed by atoms with van der Waals surface area (Å²) in [6.07, 6.45) is 3.09. The van der Waals surface area contributed by atoms with E-state index >= 15 is 0 Å². The molecule has 0 saturated heterocycles. The Morgan fingerprint density at radius 3 is 2.73 bits per heavy atom. The van der Waals surface area contributed by atoms with Gasteiger partial charge in [0.1, 0.15) is 0 Å². The van der Waals surface area contributed by atoms with Crippen molar-refractivity contribution in [1.29, 1.82) is 0 Å². The highest BCUT2D eigenvalue weighted by molar-refractivity contribution is 5.25. The Balaban J connectivity index is 2.22. The predicted molar refractivity (Wildman–Crippen MR) is 45.1 cm³/mol. The Kier molecular flexibility index (Phi) is 1.26. The molecule has 1 saturated carbocycles. The molecule has 0 heterocycles. The summed E-state index contributed by atoms with van der Waals surface area (Å²) in [7, 11) is 0. The van der Waals surface area contributed by atoms with E-state index in [-0.39, 0.29) is 6.10 Å². The highest BCUT2D eigenvalue weighted by atomic mass is 16.3. The molecule has 0 spiro atoms. The topological polar surface area (TPSA) is 20.2 Å². The van der Waals surface area contributed by atoms with Crippen LogP contribution in [0.4, 0.5) is 0 Å². The van der Waals surface area contributed by atoms with Crippen molar-refractivity contribution >= 4 is 0 Å². The fourth-order valence-electron chi connectivity index (χ4n) is 2.39. The van der Waals surface area contributed by atoms with Crippen LogP contribution in [0.3, 0.4) is 0 Å². The van der Waals surface area contributed by atoms with Gasteiger partial charge in [-0.2, -0.15) is 0 Å². The van der Waals surface area contributed by atoms with Crippen molar-refractivity contribution in [1.82, 2.24) is 0 Å². The lowest BCUT2D eigenvalue weighted by molar-refractivity contribution is 0.182. The Bertz CT molecular complexity index is 215. The summed E-state index contributed by atoms with van der Waals surface area (Å²) >= 11 is 0. The molecule has 2 rings (SSSR count). The van der Waals surface area contributed by atoms with Gasteiger partial charge in [0.25, 0.3) is 0 Å². The Morgan fingerprint density at radius 1 is 1.55 bits per heavy atom. The van der Waals surface area contributed by atoms with Crippen LogP contribution < -0.4 is 0 Å². The Hall–Kier alpha value is -0.300. The molecule has 62 valence electrons. The monoisotopic (exact) mass is 152 g/mol. The second-order valence-corrected chi connectivity index (χ2v) is 4.62. The van der Waals surface area contributed by atoms with Crippen LogP contribution in [-0.4, -0.2) is 11.2 Å². The molecule has 1 nitrogen and oxygen atoms in total. The van der Waals surface area contributed by atoms with Crippen LogP contribution in [-0.2, 0) is 0 Å². The van der Waals surface area contributed by atoms with Gasteiger partial charge < -0.3 is 5.11 Å². The van der Waals surface area contributed by atoms with Crippen LogP contribution in [0.2, 0.25) is 0 Å². The highest BCUT2D eigenvalue weighted by Gasteiger charge is 2.58. The third-order valence-electron chi connectivity index (χ3n) is 3.58. The maximum absolute atomic E-state index is 9.54. The summed E-state index contributed by atoms with van der Waals surface area (Å²) < 4.78 is 0. The first kappa shape index (κ1) is 7.35. The van der Waals surface area contributed by atoms with E-state index in [4.69, 9.17) is 0 Å². The maximum Gasteiger partial charge on any atom is 0.0750 e. The number of allylic oxidation sites excluding steroid dienone is 1. The first-order valence-electron chi connectivity index (χ1n) is 4.40. The molecule has 11 heavy (non-hydrogen) atoms. The number of hydrogen-bond acceptors (Lipinski definition) is 1. The molecule has 0 unspecified atom stereocenters. The van der Waals surface area contributed by atoms with Gasteiger partial charge in [0.2, 0.25) is 0 Å². The van der Waals surface area contributed by atoms with E-state index in [1.54, 1.807) is 0 Å². The quantitative estimate of drug-likeness (QED) is 0.526. The van der Waals surface area contributed by atoms with Crippen LogP contribution in [0.5, 0.6) is 0 Å². The number of aliphatic hydroxyl groups is 1. The first-order valence-corrected chi connectivity index (χ1v) is 4.40. The third kappa shape index (κ3) is 0.871. The van der Waals surface area contributed by atoms with Gasteiger partial charge in [0, 0.05) is 0 Å². The van der Waals surface area contributed by atoms with Crippen molar-refractivity contribution in [3.63, 3.8) is 0 Å². The SMILES string of the molecule is CC1=C[C@H]2[C@@H](C[C@H]1O)C2(C)C. The van der Waals surface area contributed by atoms with Gasteiger partial charge in [-0.25, -0.2) is 0 Å². The molecule has 1 heteroatoms. The molecule has 1 fully saturated rings. The molecule has 0 radical (unpaired) electrons. The first-order chi connectivity index (χ1) is 5.03. The predicted octanol–water partition coefficient (Wildman–Crippen LogP) is 1.97. The minimum absolute atomic E-state index is 0.155. The second kappa shape index (κ2) is 1.89. The second-order valence-electron chi connectivity index (χ2n) is 4.62. The molecule has 0 aromatic carbocycles. The molecule has 3 atom stereocenters. The number of hydrogen-bond donors (Lipinski definition) is 1. The zero-order valence-corrected chi connectivity index (χ0v) is 7.46. The number of fused-ring (bicyclic) bond motifs is 1. The van der Waals surface area contributed by atoms with Crippen molar-refractivity contribution in [2.45, 2.75) is 33.3 Å². The maximum atomic E-state index is 9.54. The van der Waals surface area contributed by atoms with Gasteiger partial charge in [0.05, 0.1) is 6.10 Å². The molecule has 0 aromatic heterocycles. The lowest BCUT2D eigenvalue weighted by atomic mass is 9.98. The van der Waals surface area contributed by atoms with E-state index in [2.05, 4.69) is 19.9 Å². The lowest BCUT2D eigenvalue weighted by Gasteiger charge is -2.14. The average Bonchev–Trinajstić information content (AvgIpc) is 2.39. The van der Waals surface area contributed by atoms with Crippen LogP contribution in [0.25, 0.3) is 0 Å². The molecule has 2 aliphatic carbocycles. The van der Waals surface area contributed by atoms with Crippen molar-refractivity contribution in [3.8, 4) is 0 Å². The fourth-order valence-corrected chi connectivity index (χ4v) is 2.39. The summed E-state index contributed by atoms with van der Waals surface area (Å²) in [6, 6.07) is 0. The van der Waals surface area contributed by atoms with Crippen molar-refractivity contribution in [2.24, 2.45) is 17.3 Å². The molecule has 0 amide bonds. The summed E-state index contributed by atoms with van der Waals surface area (Å²) in [5.41, 5.74) is 1.65. The summed E-state index contributed by atoms with van der Waals surface area (Å²) in [6.45, 7) is 6.63. The van der Waals surface area contributed by atoms with Gasteiger partial charge >= 0.3 is 0 Å². The van der Waals surface area contributed by atoms with Crippen molar-refractivity contribution in [3.05, 3.63) is 11.6 Å². The van der Waals surface area contributed by atoms with E-state index in [9.17, 15) is 5.11 Å². The van der Waals surface area contributed by atoms with Gasteiger partial charge in [-0.05, 0) is 36.2 Å². The zero-order chi connectivity index (χ0) is 8.22. The third-order valence-corrected chi connectivity index (χ3v) is 3.58. The minimum Gasteiger partial charge on any atom is -0.389 e. The molecule has 2 aliphatic rings. The Labute approximate surface area is 68.1 Å². The van der Waals surface area contributed by atoms with E-state index < -0.39 is 0 Å². The van der Waals surface area contributed by atoms with Crippen molar-refractivity contribution < 1.29 is 5.11 Å². The van der Waals surface area contributed by atoms with Gasteiger partial charge in [-0.3, -0.25) is 0 Å². The van der Waals surface area contributed by atoms with E-state index in [1.165, 1.54) is 5.57 Å². The number of rotatable bonds is 0. The van der Waals surface area contributed by atoms with Gasteiger partial charge in [-0.15, -0.1) is 0 Å². The van der Waals surface area contributed by atoms with E-state index in [0.29, 0.717) is 5.41 Å². The lowest BCUT2D eigenvalue weighted by Crippen LogP contribution is -2.13. The van der Waals surface area contributed by atoms with Crippen molar-refractivity contribution in [2.75, 3.05) is 0 Å². The zero-order valence-electron chi connectivity index (χ0n) is 7.46. The van der Waals surface area contributed by atoms with Gasteiger partial charge in [-0.1, -0.05) is 19.9 Å². The van der Waals surface area contributed by atoms with Gasteiger partial charge in [0.15, 0.2) is 0 Å². The molecule has 1 N–H and O–H groups in total. The van der Waals surface area contributed by atoms with Crippen LogP contribution in [0.1, 0.15) is 27.2 Å². The molecule has 0 bridgehead atoms. The van der Waals surface area contributed by atoms with Crippen LogP contribution >= 0.6 is 0 Å². The highest BCUT2D eigenvalue weighted by Crippen LogP contribution is 2.63. The largest absolute Gasteiger partial charge is 0.389 e. The van der Waals surface area contributed by atoms with Crippen LogP contribution in [0, 0.1) is 17.3 Å². The minimum atomic E-state index is -0.155. The fraction of sp³-hybridized carbons (Fsp3) is 0.800. The van der Waals surface area contributed by atoms with E-state index in [1.807, 2.05) is 6.92 Å². The van der Waals surface area contributed by atoms with E-state index in [0.717, 1.165) is 18.3 Å². The summed E-state index contributed by atoms with van der Waals surface area (Å²) in [4.78, 5) is 0. The molecule has 0 aliphatic heterocycles. The standard InChI is InChI=1S/C10H16O/c1-6-4-7-8(5-9(6)11)10(7,2)3/h4,7-9,11H,5H2,1-3H3/t7-,8+,9+/m0/s1. The smallest absolute Gasteiger partial charge is 0.0750 e. The molecule has 0 aromatic rings. The normalized spacial score (nSPS) is 46.2. The summed E-state index contributed by atoms with van der Waals surface area (Å²) in [5.74, 6) is 1.51. The average molecular weight is 152 g/mol. The van der Waals surface area contributed by atoms with Crippen LogP contribution in [0.15, 0.2) is 11.6 Å². The molecular formula is C10H16O.